The van der Waals surface area contributed by atoms with Crippen molar-refractivity contribution < 1.29 is 9.53 Å². The van der Waals surface area contributed by atoms with Gasteiger partial charge >= 0.3 is 0 Å². The van der Waals surface area contributed by atoms with Crippen molar-refractivity contribution in [2.75, 3.05) is 7.11 Å². The normalized spacial score (nSPS) is 24.5. The molecule has 1 aromatic carbocycles. The van der Waals surface area contributed by atoms with Gasteiger partial charge in [0.15, 0.2) is 0 Å². The summed E-state index contributed by atoms with van der Waals surface area (Å²) in [5.74, 6) is 0.789. The molecule has 2 unspecified atom stereocenters. The Labute approximate surface area is 174 Å². The lowest BCUT2D eigenvalue weighted by Gasteiger charge is -2.39. The summed E-state index contributed by atoms with van der Waals surface area (Å²) in [6.07, 6.45) is 6.04. The second kappa shape index (κ2) is 7.17. The number of fused-ring (bicyclic) bond motifs is 2. The van der Waals surface area contributed by atoms with Crippen LogP contribution in [0.5, 0.6) is 5.75 Å². The van der Waals surface area contributed by atoms with Crippen LogP contribution in [0.15, 0.2) is 28.9 Å². The Morgan fingerprint density at radius 3 is 2.43 bits per heavy atom. The number of methoxy groups -OCH3 is 1. The molecule has 1 amide bonds. The number of hydrogen-bond acceptors (Lipinski definition) is 4. The van der Waals surface area contributed by atoms with Crippen LogP contribution in [0.2, 0.25) is 0 Å². The Morgan fingerprint density at radius 2 is 1.86 bits per heavy atom. The molecule has 28 heavy (non-hydrogen) atoms. The minimum absolute atomic E-state index is 0.00740. The van der Waals surface area contributed by atoms with Gasteiger partial charge in [0.25, 0.3) is 5.91 Å². The van der Waals surface area contributed by atoms with E-state index < -0.39 is 0 Å². The number of carbonyl (C=O) groups is 1. The molecule has 2 fully saturated rings. The van der Waals surface area contributed by atoms with E-state index in [4.69, 9.17) is 4.74 Å². The third-order valence-electron chi connectivity index (χ3n) is 6.00. The second-order valence-corrected chi connectivity index (χ2v) is 9.76. The fraction of sp³-hybridized carbons (Fsp3) is 0.571. The van der Waals surface area contributed by atoms with E-state index in [9.17, 15) is 4.79 Å². The summed E-state index contributed by atoms with van der Waals surface area (Å²) in [5, 5.41) is 8.78. The topological polar surface area (TPSA) is 60.2 Å². The van der Waals surface area contributed by atoms with Gasteiger partial charge < -0.3 is 9.64 Å². The predicted octanol–water partition coefficient (Wildman–Crippen LogP) is 4.36. The molecule has 0 N–H and O–H groups in total. The monoisotopic (exact) mass is 446 g/mol. The standard InChI is InChI=1S/C21H27BrN4O2/c1-21(2,3)19-12-25(24-23-19)15-9-13-5-6-14(10-15)26(13)20(27)17-11-16(28-4)7-8-18(17)22/h7-8,11-15H,5-6,9-10H2,1-4H3. The van der Waals surface area contributed by atoms with Crippen LogP contribution in [0.4, 0.5) is 0 Å². The van der Waals surface area contributed by atoms with Gasteiger partial charge in [-0.25, -0.2) is 4.68 Å². The summed E-state index contributed by atoms with van der Waals surface area (Å²) in [6, 6.07) is 6.36. The third-order valence-corrected chi connectivity index (χ3v) is 6.69. The second-order valence-electron chi connectivity index (χ2n) is 8.90. The zero-order chi connectivity index (χ0) is 20.1. The Morgan fingerprint density at radius 1 is 1.18 bits per heavy atom. The van der Waals surface area contributed by atoms with Crippen LogP contribution in [0, 0.1) is 0 Å². The third kappa shape index (κ3) is 3.45. The van der Waals surface area contributed by atoms with Gasteiger partial charge in [0.1, 0.15) is 5.75 Å². The van der Waals surface area contributed by atoms with Gasteiger partial charge in [-0.2, -0.15) is 0 Å². The smallest absolute Gasteiger partial charge is 0.255 e. The van der Waals surface area contributed by atoms with Crippen molar-refractivity contribution in [3.63, 3.8) is 0 Å². The van der Waals surface area contributed by atoms with Gasteiger partial charge in [-0.3, -0.25) is 4.79 Å². The molecule has 150 valence electrons. The summed E-state index contributed by atoms with van der Waals surface area (Å²) >= 11 is 3.53. The first-order valence-electron chi connectivity index (χ1n) is 9.86. The molecule has 0 spiro atoms. The molecule has 6 nitrogen and oxygen atoms in total. The number of benzene rings is 1. The van der Waals surface area contributed by atoms with E-state index in [1.807, 2.05) is 22.9 Å². The van der Waals surface area contributed by atoms with E-state index in [0.717, 1.165) is 35.8 Å². The maximum atomic E-state index is 13.3. The summed E-state index contributed by atoms with van der Waals surface area (Å²) in [6.45, 7) is 6.45. The quantitative estimate of drug-likeness (QED) is 0.702. The number of amides is 1. The Kier molecular flexibility index (Phi) is 4.98. The molecular formula is C21H27BrN4O2. The molecule has 2 saturated heterocycles. The molecule has 7 heteroatoms. The fourth-order valence-corrected chi connectivity index (χ4v) is 4.85. The number of halogens is 1. The van der Waals surface area contributed by atoms with E-state index in [-0.39, 0.29) is 23.4 Å². The largest absolute Gasteiger partial charge is 0.497 e. The minimum Gasteiger partial charge on any atom is -0.497 e. The maximum absolute atomic E-state index is 13.3. The molecule has 0 saturated carbocycles. The molecule has 2 aliphatic rings. The van der Waals surface area contributed by atoms with Crippen LogP contribution >= 0.6 is 15.9 Å². The van der Waals surface area contributed by atoms with E-state index in [2.05, 4.69) is 58.1 Å². The first kappa shape index (κ1) is 19.4. The molecule has 2 bridgehead atoms. The van der Waals surface area contributed by atoms with E-state index in [0.29, 0.717) is 17.4 Å². The van der Waals surface area contributed by atoms with Gasteiger partial charge in [0.2, 0.25) is 0 Å². The Balaban J connectivity index is 1.54. The zero-order valence-electron chi connectivity index (χ0n) is 16.9. The summed E-state index contributed by atoms with van der Waals surface area (Å²) in [5.41, 5.74) is 1.68. The van der Waals surface area contributed by atoms with Crippen molar-refractivity contribution >= 4 is 21.8 Å². The highest BCUT2D eigenvalue weighted by Crippen LogP contribution is 2.42. The number of piperidine rings is 1. The van der Waals surface area contributed by atoms with Crippen molar-refractivity contribution in [1.29, 1.82) is 0 Å². The lowest BCUT2D eigenvalue weighted by molar-refractivity contribution is 0.0521. The van der Waals surface area contributed by atoms with Crippen molar-refractivity contribution in [1.82, 2.24) is 19.9 Å². The van der Waals surface area contributed by atoms with Gasteiger partial charge in [-0.05, 0) is 59.8 Å². The summed E-state index contributed by atoms with van der Waals surface area (Å²) < 4.78 is 8.15. The number of carbonyl (C=O) groups excluding carboxylic acids is 1. The first-order valence-corrected chi connectivity index (χ1v) is 10.7. The maximum Gasteiger partial charge on any atom is 0.255 e. The van der Waals surface area contributed by atoms with Crippen LogP contribution < -0.4 is 4.74 Å². The van der Waals surface area contributed by atoms with Gasteiger partial charge in [0, 0.05) is 28.2 Å². The number of aromatic nitrogens is 3. The van der Waals surface area contributed by atoms with E-state index in [1.54, 1.807) is 7.11 Å². The van der Waals surface area contributed by atoms with Crippen molar-refractivity contribution in [3.8, 4) is 5.75 Å². The summed E-state index contributed by atoms with van der Waals surface area (Å²) in [4.78, 5) is 15.4. The van der Waals surface area contributed by atoms with Crippen molar-refractivity contribution in [3.05, 3.63) is 40.1 Å². The fourth-order valence-electron chi connectivity index (χ4n) is 4.43. The first-order chi connectivity index (χ1) is 13.3. The predicted molar refractivity (Wildman–Crippen MR) is 111 cm³/mol. The lowest BCUT2D eigenvalue weighted by Crippen LogP contribution is -2.47. The SMILES string of the molecule is COc1ccc(Br)c(C(=O)N2C3CCC2CC(n2cc(C(C)(C)C)nn2)C3)c1. The minimum atomic E-state index is -0.00740. The summed E-state index contributed by atoms with van der Waals surface area (Å²) in [7, 11) is 1.62. The molecule has 1 aromatic heterocycles. The van der Waals surface area contributed by atoms with Crippen molar-refractivity contribution in [2.24, 2.45) is 0 Å². The lowest BCUT2D eigenvalue weighted by atomic mass is 9.92. The highest BCUT2D eigenvalue weighted by molar-refractivity contribution is 9.10. The molecule has 0 aliphatic carbocycles. The Bertz CT molecular complexity index is 875. The molecule has 0 radical (unpaired) electrons. The van der Waals surface area contributed by atoms with E-state index in [1.165, 1.54) is 0 Å². The Hall–Kier alpha value is -1.89. The molecule has 4 rings (SSSR count). The highest BCUT2D eigenvalue weighted by atomic mass is 79.9. The van der Waals surface area contributed by atoms with E-state index >= 15 is 0 Å². The van der Waals surface area contributed by atoms with Crippen LogP contribution in [0.1, 0.15) is 68.5 Å². The van der Waals surface area contributed by atoms with Gasteiger partial charge in [0.05, 0.1) is 24.4 Å². The number of ether oxygens (including phenoxy) is 1. The van der Waals surface area contributed by atoms with Gasteiger partial charge in [-0.15, -0.1) is 5.10 Å². The molecule has 2 aromatic rings. The average Bonchev–Trinajstić information content (AvgIpc) is 3.25. The van der Waals surface area contributed by atoms with Crippen LogP contribution in [0.3, 0.4) is 0 Å². The van der Waals surface area contributed by atoms with Gasteiger partial charge in [-0.1, -0.05) is 26.0 Å². The average molecular weight is 447 g/mol. The molecular weight excluding hydrogens is 420 g/mol. The van der Waals surface area contributed by atoms with Crippen LogP contribution in [-0.2, 0) is 5.41 Å². The number of hydrogen-bond donors (Lipinski definition) is 0. The number of nitrogens with zero attached hydrogens (tertiary/aromatic N) is 4. The van der Waals surface area contributed by atoms with Crippen molar-refractivity contribution in [2.45, 2.75) is 70.0 Å². The van der Waals surface area contributed by atoms with Crippen LogP contribution in [0.25, 0.3) is 0 Å². The molecule has 3 heterocycles. The highest BCUT2D eigenvalue weighted by Gasteiger charge is 2.44. The molecule has 2 atom stereocenters. The zero-order valence-corrected chi connectivity index (χ0v) is 18.4. The molecule has 2 aliphatic heterocycles. The number of rotatable bonds is 3. The van der Waals surface area contributed by atoms with Crippen LogP contribution in [-0.4, -0.2) is 45.0 Å².